The number of aliphatic hydroxyl groups is 1. The summed E-state index contributed by atoms with van der Waals surface area (Å²) < 4.78 is 0. The van der Waals surface area contributed by atoms with Crippen molar-refractivity contribution in [3.05, 3.63) is 38.0 Å². The normalized spacial score (nSPS) is 5.65. The zero-order valence-corrected chi connectivity index (χ0v) is 11.7. The molecule has 0 spiro atoms. The first-order chi connectivity index (χ1) is 7.47. The Balaban J connectivity index is -0.0000000369. The Morgan fingerprint density at radius 2 is 0.941 bits per heavy atom. The Hall–Kier alpha value is -1.10. The third-order valence-corrected chi connectivity index (χ3v) is 0.250. The van der Waals surface area contributed by atoms with E-state index in [-0.39, 0.29) is 27.8 Å². The average Bonchev–Trinajstić information content (AvgIpc) is 2.28. The van der Waals surface area contributed by atoms with Gasteiger partial charge in [0.05, 0.1) is 0 Å². The molecule has 0 heterocycles. The molecule has 0 unspecified atom stereocenters. The van der Waals surface area contributed by atoms with E-state index < -0.39 is 0 Å². The number of aliphatic hydroxyl groups excluding tert-OH is 1. The summed E-state index contributed by atoms with van der Waals surface area (Å²) in [6, 6.07) is 0. The van der Waals surface area contributed by atoms with Crippen molar-refractivity contribution in [1.29, 1.82) is 0 Å². The molecular formula is C12H17O4Ti. The van der Waals surface area contributed by atoms with Gasteiger partial charge in [0.1, 0.15) is 0 Å². The number of allylic oxidation sites excluding steroid dienone is 3. The van der Waals surface area contributed by atoms with Crippen LogP contribution in [0.5, 0.6) is 0 Å². The Morgan fingerprint density at radius 3 is 0.941 bits per heavy atom. The maximum absolute atomic E-state index is 8.93. The molecule has 0 saturated carbocycles. The second-order valence-corrected chi connectivity index (χ2v) is 2.06. The standard InChI is InChI=1S/C3H8O.3C3H3O.Ti/c1-3(2)4;3*1-2-3-4;/h3-4H,1-2H3;3*2H,1H2;/q;3*-1;+3. The van der Waals surface area contributed by atoms with Gasteiger partial charge >= 0.3 is 21.7 Å². The fourth-order valence-corrected chi connectivity index (χ4v) is 0. The van der Waals surface area contributed by atoms with Crippen LogP contribution in [-0.4, -0.2) is 30.1 Å². The smallest absolute Gasteiger partial charge is 0.419 e. The Labute approximate surface area is 118 Å². The third kappa shape index (κ3) is 684. The number of rotatable bonds is 3. The van der Waals surface area contributed by atoms with E-state index in [2.05, 4.69) is 19.7 Å². The van der Waals surface area contributed by atoms with E-state index in [1.807, 2.05) is 0 Å². The number of hydrogen-bond acceptors (Lipinski definition) is 4. The summed E-state index contributed by atoms with van der Waals surface area (Å²) in [5.74, 6) is 0. The number of hydrogen-bond donors (Lipinski definition) is 1. The van der Waals surface area contributed by atoms with E-state index in [0.717, 1.165) is 18.2 Å². The van der Waals surface area contributed by atoms with Crippen LogP contribution in [-0.2, 0) is 36.1 Å². The molecule has 0 fully saturated rings. The van der Waals surface area contributed by atoms with Crippen LogP contribution in [0.3, 0.4) is 0 Å². The fraction of sp³-hybridized carbons (Fsp3) is 0.250. The average molecular weight is 273 g/mol. The Bertz CT molecular complexity index is 140. The molecule has 0 bridgehead atoms. The van der Waals surface area contributed by atoms with E-state index in [0.29, 0.717) is 0 Å². The molecule has 1 N–H and O–H groups in total. The van der Waals surface area contributed by atoms with Crippen molar-refractivity contribution in [2.45, 2.75) is 20.0 Å². The summed E-state index contributed by atoms with van der Waals surface area (Å²) in [6.07, 6.45) is 7.38. The van der Waals surface area contributed by atoms with E-state index in [1.54, 1.807) is 13.8 Å². The van der Waals surface area contributed by atoms with Crippen molar-refractivity contribution in [3.8, 4) is 0 Å². The van der Waals surface area contributed by atoms with Gasteiger partial charge in [0.15, 0.2) is 0 Å². The zero-order valence-electron chi connectivity index (χ0n) is 10.1. The molecule has 0 aromatic carbocycles. The minimum atomic E-state index is -0.167. The van der Waals surface area contributed by atoms with Gasteiger partial charge in [-0.1, -0.05) is 0 Å². The van der Waals surface area contributed by atoms with Crippen molar-refractivity contribution in [2.24, 2.45) is 0 Å². The van der Waals surface area contributed by atoms with Crippen LogP contribution >= 0.6 is 0 Å². The topological polar surface area (TPSA) is 71.4 Å². The second kappa shape index (κ2) is 46.1. The quantitative estimate of drug-likeness (QED) is 0.477. The van der Waals surface area contributed by atoms with Gasteiger partial charge in [-0.2, -0.15) is 0 Å². The first kappa shape index (κ1) is 29.7. The summed E-state index contributed by atoms with van der Waals surface area (Å²) in [7, 11) is 0. The third-order valence-electron chi connectivity index (χ3n) is 0.250. The minimum Gasteiger partial charge on any atom is -0.419 e. The summed E-state index contributed by atoms with van der Waals surface area (Å²) in [5.41, 5.74) is 0. The predicted molar refractivity (Wildman–Crippen MR) is 65.0 cm³/mol. The monoisotopic (exact) mass is 273 g/mol. The molecule has 0 atom stereocenters. The van der Waals surface area contributed by atoms with Gasteiger partial charge in [-0.25, -0.2) is 38.0 Å². The predicted octanol–water partition coefficient (Wildman–Crippen LogP) is 1.23. The van der Waals surface area contributed by atoms with Crippen molar-refractivity contribution in [3.63, 3.8) is 0 Å². The van der Waals surface area contributed by atoms with Crippen LogP contribution < -0.4 is 0 Å². The first-order valence-electron chi connectivity index (χ1n) is 4.12. The van der Waals surface area contributed by atoms with Crippen molar-refractivity contribution >= 4 is 18.9 Å². The van der Waals surface area contributed by atoms with Crippen molar-refractivity contribution in [1.82, 2.24) is 0 Å². The molecule has 0 aromatic rings. The van der Waals surface area contributed by atoms with Gasteiger partial charge in [-0.05, 0) is 32.7 Å². The zero-order chi connectivity index (χ0) is 13.8. The van der Waals surface area contributed by atoms with Crippen LogP contribution in [0.1, 0.15) is 13.8 Å². The van der Waals surface area contributed by atoms with Crippen LogP contribution in [0.25, 0.3) is 0 Å². The van der Waals surface area contributed by atoms with Gasteiger partial charge in [-0.3, -0.25) is 0 Å². The Morgan fingerprint density at radius 1 is 0.882 bits per heavy atom. The molecule has 0 aliphatic carbocycles. The van der Waals surface area contributed by atoms with Crippen LogP contribution in [0.4, 0.5) is 0 Å². The van der Waals surface area contributed by atoms with Crippen LogP contribution in [0, 0.1) is 0 Å². The molecule has 0 rings (SSSR count). The summed E-state index contributed by atoms with van der Waals surface area (Å²) >= 11 is 0. The Kier molecular flexibility index (Phi) is 80.6. The molecule has 0 amide bonds. The van der Waals surface area contributed by atoms with Crippen molar-refractivity contribution < 1.29 is 41.2 Å². The molecular weight excluding hydrogens is 256 g/mol. The van der Waals surface area contributed by atoms with Gasteiger partial charge in [0, 0.05) is 6.10 Å². The minimum absolute atomic E-state index is 0. The molecule has 1 radical (unpaired) electrons. The largest absolute Gasteiger partial charge is 3.00 e. The molecule has 0 aliphatic rings. The molecule has 0 aromatic heterocycles. The van der Waals surface area contributed by atoms with E-state index in [4.69, 9.17) is 19.5 Å². The van der Waals surface area contributed by atoms with Gasteiger partial charge in [-0.15, -0.1) is 0 Å². The first-order valence-corrected chi connectivity index (χ1v) is 4.12. The van der Waals surface area contributed by atoms with E-state index in [1.165, 1.54) is 18.9 Å². The van der Waals surface area contributed by atoms with Gasteiger partial charge < -0.3 is 19.5 Å². The van der Waals surface area contributed by atoms with Gasteiger partial charge in [0.2, 0.25) is 0 Å². The summed E-state index contributed by atoms with van der Waals surface area (Å²) in [4.78, 5) is 26.8. The summed E-state index contributed by atoms with van der Waals surface area (Å²) in [5, 5.41) is 8.06. The maximum atomic E-state index is 8.93. The van der Waals surface area contributed by atoms with Gasteiger partial charge in [0.25, 0.3) is 0 Å². The second-order valence-electron chi connectivity index (χ2n) is 2.06. The SMILES string of the molecule is C=C[C-]=O.C=C[C-]=O.C=C[C-]=O.CC(C)O.[Ti+3]. The molecule has 4 nitrogen and oxygen atoms in total. The number of carbonyl (C=O) groups excluding carboxylic acids is 3. The van der Waals surface area contributed by atoms with Crippen LogP contribution in [0.15, 0.2) is 38.0 Å². The van der Waals surface area contributed by atoms with Crippen LogP contribution in [0.2, 0.25) is 0 Å². The molecule has 5 heteroatoms. The molecule has 17 heavy (non-hydrogen) atoms. The van der Waals surface area contributed by atoms with E-state index in [9.17, 15) is 0 Å². The maximum Gasteiger partial charge on any atom is 3.00 e. The van der Waals surface area contributed by atoms with E-state index >= 15 is 0 Å². The molecule has 0 saturated heterocycles. The molecule has 93 valence electrons. The molecule has 0 aliphatic heterocycles. The fourth-order valence-electron chi connectivity index (χ4n) is 0. The van der Waals surface area contributed by atoms with Crippen molar-refractivity contribution in [2.75, 3.05) is 0 Å². The summed E-state index contributed by atoms with van der Waals surface area (Å²) in [6.45, 7) is 12.6.